The van der Waals surface area contributed by atoms with Crippen LogP contribution >= 0.6 is 0 Å². The number of hydrogen-bond donors (Lipinski definition) is 2. The van der Waals surface area contributed by atoms with Crippen LogP contribution in [0, 0.1) is 0 Å². The largest absolute Gasteiger partial charge is 0.345 e. The van der Waals surface area contributed by atoms with Crippen LogP contribution in [0.15, 0.2) is 18.5 Å². The highest BCUT2D eigenvalue weighted by Crippen LogP contribution is 2.09. The number of nitrogens with one attached hydrogen (secondary N) is 2. The predicted molar refractivity (Wildman–Crippen MR) is 66.3 cm³/mol. The average molecular weight is 261 g/mol. The second-order valence-electron chi connectivity index (χ2n) is 4.56. The Labute approximate surface area is 109 Å². The quantitative estimate of drug-likeness (QED) is 0.743. The smallest absolute Gasteiger partial charge is 0.273 e. The number of aryl methyl sites for hydroxylation is 1. The first kappa shape index (κ1) is 11.8. The molecule has 2 aromatic heterocycles. The average Bonchev–Trinajstić information content (AvgIpc) is 2.93. The molecule has 1 saturated heterocycles. The van der Waals surface area contributed by atoms with Crippen molar-refractivity contribution >= 4 is 5.91 Å². The maximum atomic E-state index is 11.9. The van der Waals surface area contributed by atoms with Crippen molar-refractivity contribution in [3.63, 3.8) is 0 Å². The summed E-state index contributed by atoms with van der Waals surface area (Å²) in [6.45, 7) is 2.13. The van der Waals surface area contributed by atoms with Gasteiger partial charge in [0.05, 0.1) is 24.5 Å². The lowest BCUT2D eigenvalue weighted by Crippen LogP contribution is -2.43. The van der Waals surface area contributed by atoms with E-state index in [1.807, 2.05) is 19.3 Å². The van der Waals surface area contributed by atoms with Gasteiger partial charge >= 0.3 is 0 Å². The molecule has 0 aliphatic carbocycles. The molecule has 8 heteroatoms. The van der Waals surface area contributed by atoms with Gasteiger partial charge in [-0.05, 0) is 6.07 Å². The molecule has 2 N–H and O–H groups in total. The molecule has 100 valence electrons. The molecule has 1 aliphatic heterocycles. The van der Waals surface area contributed by atoms with Crippen molar-refractivity contribution in [1.29, 1.82) is 0 Å². The summed E-state index contributed by atoms with van der Waals surface area (Å²) in [7, 11) is 1.84. The minimum atomic E-state index is -0.232. The van der Waals surface area contributed by atoms with E-state index in [0.29, 0.717) is 18.3 Å². The van der Waals surface area contributed by atoms with E-state index in [-0.39, 0.29) is 5.91 Å². The third kappa shape index (κ3) is 2.48. The van der Waals surface area contributed by atoms with Gasteiger partial charge in [0.2, 0.25) is 0 Å². The standard InChI is InChI=1S/C11H15N7O/c1-17-3-2-8(15-17)4-13-11(19)10-7-18(16-14-10)9-5-12-6-9/h2-3,7,9,12H,4-6H2,1H3,(H,13,19). The maximum Gasteiger partial charge on any atom is 0.273 e. The highest BCUT2D eigenvalue weighted by atomic mass is 16.2. The van der Waals surface area contributed by atoms with E-state index in [4.69, 9.17) is 0 Å². The molecule has 3 rings (SSSR count). The molecule has 19 heavy (non-hydrogen) atoms. The summed E-state index contributed by atoms with van der Waals surface area (Å²) in [6.07, 6.45) is 3.51. The topological polar surface area (TPSA) is 89.7 Å². The lowest BCUT2D eigenvalue weighted by Gasteiger charge is -2.26. The molecular weight excluding hydrogens is 246 g/mol. The van der Waals surface area contributed by atoms with Gasteiger partial charge in [0.1, 0.15) is 0 Å². The summed E-state index contributed by atoms with van der Waals surface area (Å²) >= 11 is 0. The van der Waals surface area contributed by atoms with Crippen LogP contribution in [-0.2, 0) is 13.6 Å². The molecule has 0 saturated carbocycles. The zero-order valence-corrected chi connectivity index (χ0v) is 10.6. The molecule has 0 atom stereocenters. The fourth-order valence-corrected chi connectivity index (χ4v) is 1.84. The first-order valence-corrected chi connectivity index (χ1v) is 6.11. The second-order valence-corrected chi connectivity index (χ2v) is 4.56. The van der Waals surface area contributed by atoms with E-state index in [1.54, 1.807) is 15.6 Å². The molecule has 2 aromatic rings. The number of nitrogens with zero attached hydrogens (tertiary/aromatic N) is 5. The fourth-order valence-electron chi connectivity index (χ4n) is 1.84. The van der Waals surface area contributed by atoms with E-state index in [9.17, 15) is 4.79 Å². The van der Waals surface area contributed by atoms with Gasteiger partial charge in [0, 0.05) is 26.3 Å². The van der Waals surface area contributed by atoms with Gasteiger partial charge in [-0.3, -0.25) is 9.48 Å². The summed E-state index contributed by atoms with van der Waals surface area (Å²) < 4.78 is 3.42. The molecule has 1 fully saturated rings. The summed E-state index contributed by atoms with van der Waals surface area (Å²) in [5.41, 5.74) is 1.15. The fraction of sp³-hybridized carbons (Fsp3) is 0.455. The summed E-state index contributed by atoms with van der Waals surface area (Å²) in [4.78, 5) is 11.9. The van der Waals surface area contributed by atoms with Crippen molar-refractivity contribution in [2.75, 3.05) is 13.1 Å². The number of carbonyl (C=O) groups is 1. The molecule has 0 bridgehead atoms. The first-order chi connectivity index (χ1) is 9.22. The van der Waals surface area contributed by atoms with Crippen molar-refractivity contribution in [1.82, 2.24) is 35.4 Å². The Balaban J connectivity index is 1.58. The van der Waals surface area contributed by atoms with E-state index < -0.39 is 0 Å². The van der Waals surface area contributed by atoms with Crippen molar-refractivity contribution in [2.45, 2.75) is 12.6 Å². The molecule has 1 aliphatic rings. The van der Waals surface area contributed by atoms with Gasteiger partial charge in [0.25, 0.3) is 5.91 Å². The summed E-state index contributed by atoms with van der Waals surface area (Å²) in [5.74, 6) is -0.232. The Morgan fingerprint density at radius 2 is 2.42 bits per heavy atom. The molecule has 1 amide bonds. The summed E-state index contributed by atoms with van der Waals surface area (Å²) in [5, 5.41) is 18.0. The normalized spacial score (nSPS) is 15.2. The van der Waals surface area contributed by atoms with Gasteiger partial charge in [-0.15, -0.1) is 5.10 Å². The van der Waals surface area contributed by atoms with Crippen LogP contribution in [0.2, 0.25) is 0 Å². The molecule has 0 spiro atoms. The lowest BCUT2D eigenvalue weighted by molar-refractivity contribution is 0.0945. The zero-order chi connectivity index (χ0) is 13.2. The Morgan fingerprint density at radius 3 is 3.05 bits per heavy atom. The highest BCUT2D eigenvalue weighted by molar-refractivity contribution is 5.91. The number of rotatable bonds is 4. The van der Waals surface area contributed by atoms with Crippen LogP contribution in [0.25, 0.3) is 0 Å². The Morgan fingerprint density at radius 1 is 1.58 bits per heavy atom. The molecule has 0 unspecified atom stereocenters. The van der Waals surface area contributed by atoms with Crippen LogP contribution in [0.3, 0.4) is 0 Å². The van der Waals surface area contributed by atoms with Crippen LogP contribution < -0.4 is 10.6 Å². The van der Waals surface area contributed by atoms with Crippen molar-refractivity contribution < 1.29 is 4.79 Å². The van der Waals surface area contributed by atoms with Gasteiger partial charge in [-0.1, -0.05) is 5.21 Å². The van der Waals surface area contributed by atoms with Gasteiger partial charge < -0.3 is 10.6 Å². The maximum absolute atomic E-state index is 11.9. The van der Waals surface area contributed by atoms with E-state index in [1.165, 1.54) is 0 Å². The summed E-state index contributed by atoms with van der Waals surface area (Å²) in [6, 6.07) is 2.17. The van der Waals surface area contributed by atoms with E-state index >= 15 is 0 Å². The van der Waals surface area contributed by atoms with Crippen LogP contribution in [0.4, 0.5) is 0 Å². The van der Waals surface area contributed by atoms with Crippen LogP contribution in [0.1, 0.15) is 22.2 Å². The van der Waals surface area contributed by atoms with Crippen LogP contribution in [-0.4, -0.2) is 43.8 Å². The minimum Gasteiger partial charge on any atom is -0.345 e. The Bertz CT molecular complexity index is 583. The molecule has 0 aromatic carbocycles. The Hall–Kier alpha value is -2.22. The third-order valence-electron chi connectivity index (χ3n) is 3.08. The number of aromatic nitrogens is 5. The minimum absolute atomic E-state index is 0.232. The molecule has 0 radical (unpaired) electrons. The van der Waals surface area contributed by atoms with Gasteiger partial charge in [-0.2, -0.15) is 5.10 Å². The number of amides is 1. The van der Waals surface area contributed by atoms with Crippen molar-refractivity contribution in [3.05, 3.63) is 29.8 Å². The van der Waals surface area contributed by atoms with E-state index in [0.717, 1.165) is 18.8 Å². The van der Waals surface area contributed by atoms with Crippen molar-refractivity contribution in [3.8, 4) is 0 Å². The van der Waals surface area contributed by atoms with Crippen molar-refractivity contribution in [2.24, 2.45) is 7.05 Å². The lowest BCUT2D eigenvalue weighted by atomic mass is 10.2. The van der Waals surface area contributed by atoms with Crippen LogP contribution in [0.5, 0.6) is 0 Å². The second kappa shape index (κ2) is 4.81. The first-order valence-electron chi connectivity index (χ1n) is 6.11. The highest BCUT2D eigenvalue weighted by Gasteiger charge is 2.21. The van der Waals surface area contributed by atoms with Gasteiger partial charge in [-0.25, -0.2) is 4.68 Å². The van der Waals surface area contributed by atoms with E-state index in [2.05, 4.69) is 26.0 Å². The molecule has 8 nitrogen and oxygen atoms in total. The molecular formula is C11H15N7O. The number of hydrogen-bond acceptors (Lipinski definition) is 5. The predicted octanol–water partition coefficient (Wildman–Crippen LogP) is -0.914. The Kier molecular flexibility index (Phi) is 3.00. The molecule has 3 heterocycles. The number of carbonyl (C=O) groups excluding carboxylic acids is 1. The third-order valence-corrected chi connectivity index (χ3v) is 3.08. The SMILES string of the molecule is Cn1ccc(CNC(=O)c2cn(C3CNC3)nn2)n1. The zero-order valence-electron chi connectivity index (χ0n) is 10.6. The monoisotopic (exact) mass is 261 g/mol. The van der Waals surface area contributed by atoms with Gasteiger partial charge in [0.15, 0.2) is 5.69 Å².